The number of benzene rings is 1. The van der Waals surface area contributed by atoms with E-state index in [-0.39, 0.29) is 9.35 Å². The van der Waals surface area contributed by atoms with Crippen molar-refractivity contribution in [3.8, 4) is 0 Å². The Morgan fingerprint density at radius 3 is 2.71 bits per heavy atom. The molecular formula is C11H6BrF2NOS. The molecule has 2 rings (SSSR count). The third-order valence-electron chi connectivity index (χ3n) is 2.12. The first-order valence-electron chi connectivity index (χ1n) is 4.61. The van der Waals surface area contributed by atoms with E-state index in [9.17, 15) is 13.6 Å². The molecule has 0 spiro atoms. The van der Waals surface area contributed by atoms with Crippen LogP contribution in [0.15, 0.2) is 22.8 Å². The summed E-state index contributed by atoms with van der Waals surface area (Å²) in [6.45, 7) is 1.72. The van der Waals surface area contributed by atoms with Gasteiger partial charge in [-0.1, -0.05) is 0 Å². The Morgan fingerprint density at radius 1 is 1.41 bits per heavy atom. The number of carbonyl (C=O) groups is 1. The number of hydrogen-bond donors (Lipinski definition) is 0. The molecular weight excluding hydrogens is 312 g/mol. The highest BCUT2D eigenvalue weighted by molar-refractivity contribution is 9.10. The van der Waals surface area contributed by atoms with Gasteiger partial charge in [-0.25, -0.2) is 13.8 Å². The fourth-order valence-electron chi connectivity index (χ4n) is 1.32. The van der Waals surface area contributed by atoms with Crippen molar-refractivity contribution in [3.05, 3.63) is 49.9 Å². The lowest BCUT2D eigenvalue weighted by molar-refractivity contribution is 0.103. The molecule has 0 aliphatic carbocycles. The molecule has 0 aliphatic rings. The number of thiazole rings is 1. The third kappa shape index (κ3) is 2.28. The summed E-state index contributed by atoms with van der Waals surface area (Å²) in [5, 5.41) is 0.671. The van der Waals surface area contributed by atoms with Crippen molar-refractivity contribution in [2.45, 2.75) is 6.92 Å². The first-order chi connectivity index (χ1) is 8.00. The summed E-state index contributed by atoms with van der Waals surface area (Å²) in [6, 6.07) is 2.27. The molecule has 1 aromatic heterocycles. The Morgan fingerprint density at radius 2 is 2.12 bits per heavy atom. The van der Waals surface area contributed by atoms with Crippen LogP contribution in [0, 0.1) is 18.6 Å². The van der Waals surface area contributed by atoms with Gasteiger partial charge in [0.25, 0.3) is 0 Å². The molecule has 0 bridgehead atoms. The molecule has 0 aliphatic heterocycles. The third-order valence-corrected chi connectivity index (χ3v) is 3.64. The van der Waals surface area contributed by atoms with Gasteiger partial charge in [0.2, 0.25) is 5.78 Å². The van der Waals surface area contributed by atoms with E-state index >= 15 is 0 Å². The summed E-state index contributed by atoms with van der Waals surface area (Å²) in [5.41, 5.74) is -0.553. The van der Waals surface area contributed by atoms with Gasteiger partial charge in [0.05, 0.1) is 19.9 Å². The number of carbonyl (C=O) groups excluding carboxylic acids is 1. The van der Waals surface area contributed by atoms with E-state index in [1.807, 2.05) is 0 Å². The maximum absolute atomic E-state index is 13.7. The summed E-state index contributed by atoms with van der Waals surface area (Å²) in [7, 11) is 0. The zero-order valence-corrected chi connectivity index (χ0v) is 11.0. The van der Waals surface area contributed by atoms with Gasteiger partial charge in [-0.15, -0.1) is 11.3 Å². The Bertz CT molecular complexity index is 597. The normalized spacial score (nSPS) is 10.6. The highest BCUT2D eigenvalue weighted by Crippen LogP contribution is 2.25. The smallest absolute Gasteiger partial charge is 0.210 e. The molecule has 0 fully saturated rings. The molecule has 2 aromatic rings. The SMILES string of the molecule is Cc1ncc(C(=O)c2c(F)ccc(Br)c2F)s1. The molecule has 0 amide bonds. The Labute approximate surface area is 108 Å². The number of aryl methyl sites for hydroxylation is 1. The predicted molar refractivity (Wildman–Crippen MR) is 64.3 cm³/mol. The van der Waals surface area contributed by atoms with Crippen LogP contribution >= 0.6 is 27.3 Å². The van der Waals surface area contributed by atoms with Gasteiger partial charge in [-0.2, -0.15) is 0 Å². The number of hydrogen-bond acceptors (Lipinski definition) is 3. The van der Waals surface area contributed by atoms with Crippen molar-refractivity contribution >= 4 is 33.0 Å². The molecule has 6 heteroatoms. The monoisotopic (exact) mass is 317 g/mol. The van der Waals surface area contributed by atoms with Crippen LogP contribution in [0.4, 0.5) is 8.78 Å². The maximum atomic E-state index is 13.7. The van der Waals surface area contributed by atoms with E-state index in [4.69, 9.17) is 0 Å². The summed E-state index contributed by atoms with van der Waals surface area (Å²) in [5.74, 6) is -2.45. The number of nitrogens with zero attached hydrogens (tertiary/aromatic N) is 1. The topological polar surface area (TPSA) is 30.0 Å². The van der Waals surface area contributed by atoms with Crippen LogP contribution in [0.3, 0.4) is 0 Å². The highest BCUT2D eigenvalue weighted by Gasteiger charge is 2.22. The molecule has 0 atom stereocenters. The summed E-state index contributed by atoms with van der Waals surface area (Å²) in [4.78, 5) is 16.0. The fraction of sp³-hybridized carbons (Fsp3) is 0.0909. The van der Waals surface area contributed by atoms with Crippen LogP contribution in [0.2, 0.25) is 0 Å². The van der Waals surface area contributed by atoms with E-state index < -0.39 is 23.0 Å². The molecule has 0 unspecified atom stereocenters. The van der Waals surface area contributed by atoms with Crippen LogP contribution in [0.5, 0.6) is 0 Å². The standard InChI is InChI=1S/C11H6BrF2NOS/c1-5-15-4-8(17-5)11(16)9-7(13)3-2-6(12)10(9)14/h2-4H,1H3. The molecule has 88 valence electrons. The van der Waals surface area contributed by atoms with Crippen molar-refractivity contribution < 1.29 is 13.6 Å². The number of aromatic nitrogens is 1. The molecule has 0 radical (unpaired) electrons. The number of ketones is 1. The fourth-order valence-corrected chi connectivity index (χ4v) is 2.38. The van der Waals surface area contributed by atoms with E-state index in [0.29, 0.717) is 5.01 Å². The van der Waals surface area contributed by atoms with Gasteiger partial charge < -0.3 is 0 Å². The van der Waals surface area contributed by atoms with Gasteiger partial charge in [0.15, 0.2) is 5.82 Å². The second kappa shape index (κ2) is 4.62. The Kier molecular flexibility index (Phi) is 3.35. The molecule has 0 N–H and O–H groups in total. The molecule has 1 aromatic carbocycles. The van der Waals surface area contributed by atoms with Crippen molar-refractivity contribution in [1.82, 2.24) is 4.98 Å². The molecule has 2 nitrogen and oxygen atoms in total. The van der Waals surface area contributed by atoms with Gasteiger partial charge in [0, 0.05) is 6.20 Å². The predicted octanol–water partition coefficient (Wildman–Crippen LogP) is 3.72. The lowest BCUT2D eigenvalue weighted by Crippen LogP contribution is -2.06. The lowest BCUT2D eigenvalue weighted by atomic mass is 10.1. The van der Waals surface area contributed by atoms with E-state index in [0.717, 1.165) is 17.4 Å². The maximum Gasteiger partial charge on any atom is 0.210 e. The van der Waals surface area contributed by atoms with Gasteiger partial charge >= 0.3 is 0 Å². The zero-order valence-electron chi connectivity index (χ0n) is 8.63. The minimum absolute atomic E-state index is 0.0588. The van der Waals surface area contributed by atoms with Crippen LogP contribution in [0.25, 0.3) is 0 Å². The average Bonchev–Trinajstić information content (AvgIpc) is 2.71. The first-order valence-corrected chi connectivity index (χ1v) is 6.22. The molecule has 0 saturated carbocycles. The van der Waals surface area contributed by atoms with Crippen LogP contribution in [-0.2, 0) is 0 Å². The first kappa shape index (κ1) is 12.3. The second-order valence-corrected chi connectivity index (χ2v) is 5.38. The van der Waals surface area contributed by atoms with E-state index in [1.165, 1.54) is 12.3 Å². The largest absolute Gasteiger partial charge is 0.287 e. The van der Waals surface area contributed by atoms with Crippen LogP contribution in [0.1, 0.15) is 20.2 Å². The summed E-state index contributed by atoms with van der Waals surface area (Å²) >= 11 is 4.02. The van der Waals surface area contributed by atoms with Gasteiger partial charge in [-0.05, 0) is 35.0 Å². The Balaban J connectivity index is 2.54. The minimum Gasteiger partial charge on any atom is -0.287 e. The van der Waals surface area contributed by atoms with Crippen molar-refractivity contribution in [2.75, 3.05) is 0 Å². The zero-order chi connectivity index (χ0) is 12.6. The summed E-state index contributed by atoms with van der Waals surface area (Å²) in [6.07, 6.45) is 1.32. The number of halogens is 3. The quantitative estimate of drug-likeness (QED) is 0.624. The summed E-state index contributed by atoms with van der Waals surface area (Å²) < 4.78 is 27.2. The Hall–Kier alpha value is -1.14. The lowest BCUT2D eigenvalue weighted by Gasteiger charge is -2.03. The molecule has 0 saturated heterocycles. The highest BCUT2D eigenvalue weighted by atomic mass is 79.9. The van der Waals surface area contributed by atoms with E-state index in [1.54, 1.807) is 6.92 Å². The van der Waals surface area contributed by atoms with Crippen LogP contribution in [-0.4, -0.2) is 10.8 Å². The average molecular weight is 318 g/mol. The van der Waals surface area contributed by atoms with Crippen molar-refractivity contribution in [3.63, 3.8) is 0 Å². The van der Waals surface area contributed by atoms with Crippen LogP contribution < -0.4 is 0 Å². The number of rotatable bonds is 2. The van der Waals surface area contributed by atoms with Crippen molar-refractivity contribution in [1.29, 1.82) is 0 Å². The molecule has 17 heavy (non-hydrogen) atoms. The minimum atomic E-state index is -0.888. The van der Waals surface area contributed by atoms with Gasteiger partial charge in [0.1, 0.15) is 5.82 Å². The van der Waals surface area contributed by atoms with Crippen molar-refractivity contribution in [2.24, 2.45) is 0 Å². The molecule has 1 heterocycles. The second-order valence-electron chi connectivity index (χ2n) is 3.29. The van der Waals surface area contributed by atoms with E-state index in [2.05, 4.69) is 20.9 Å². The van der Waals surface area contributed by atoms with Gasteiger partial charge in [-0.3, -0.25) is 4.79 Å².